The number of rotatable bonds is 7. The zero-order valence-electron chi connectivity index (χ0n) is 20.1. The maximum absolute atomic E-state index is 13.5. The van der Waals surface area contributed by atoms with Crippen LogP contribution in [0.15, 0.2) is 61.2 Å². The lowest BCUT2D eigenvalue weighted by Gasteiger charge is -2.15. The third-order valence-corrected chi connectivity index (χ3v) is 5.35. The normalized spacial score (nSPS) is 16.6. The summed E-state index contributed by atoms with van der Waals surface area (Å²) in [6, 6.07) is 5.21. The number of allylic oxidation sites excluding steroid dienone is 7. The Labute approximate surface area is 200 Å². The molecule has 6 nitrogen and oxygen atoms in total. The molecule has 0 saturated carbocycles. The quantitative estimate of drug-likeness (QED) is 0.622. The molecule has 0 unspecified atom stereocenters. The van der Waals surface area contributed by atoms with Gasteiger partial charge in [0.1, 0.15) is 0 Å². The number of aromatic nitrogens is 1. The van der Waals surface area contributed by atoms with Gasteiger partial charge in [-0.15, -0.1) is 0 Å². The fourth-order valence-corrected chi connectivity index (χ4v) is 3.70. The van der Waals surface area contributed by atoms with E-state index in [1.165, 1.54) is 21.3 Å². The van der Waals surface area contributed by atoms with E-state index in [2.05, 4.69) is 30.1 Å². The molecule has 1 N–H and O–H groups in total. The van der Waals surface area contributed by atoms with Crippen molar-refractivity contribution in [3.63, 3.8) is 0 Å². The molecule has 0 radical (unpaired) electrons. The van der Waals surface area contributed by atoms with Gasteiger partial charge < -0.3 is 19.5 Å². The Balaban J connectivity index is 2.13. The second kappa shape index (κ2) is 11.7. The molecular formula is C28H30N2O4. The zero-order chi connectivity index (χ0) is 24.5. The minimum absolute atomic E-state index is 0.286. The third kappa shape index (κ3) is 5.46. The molecule has 0 saturated heterocycles. The van der Waals surface area contributed by atoms with Crippen molar-refractivity contribution in [2.45, 2.75) is 19.8 Å². The first kappa shape index (κ1) is 24.6. The summed E-state index contributed by atoms with van der Waals surface area (Å²) in [7, 11) is 4.60. The maximum Gasteiger partial charge on any atom is 0.256 e. The van der Waals surface area contributed by atoms with Crippen molar-refractivity contribution in [2.75, 3.05) is 26.6 Å². The molecule has 0 bridgehead atoms. The lowest BCUT2D eigenvalue weighted by Crippen LogP contribution is -2.36. The molecule has 1 aromatic heterocycles. The molecule has 2 aromatic rings. The summed E-state index contributed by atoms with van der Waals surface area (Å²) >= 11 is 0. The summed E-state index contributed by atoms with van der Waals surface area (Å²) < 4.78 is 16.2. The number of benzene rings is 1. The summed E-state index contributed by atoms with van der Waals surface area (Å²) in [5.74, 6) is 1.07. The molecule has 176 valence electrons. The van der Waals surface area contributed by atoms with Crippen LogP contribution in [0.5, 0.6) is 17.2 Å². The number of nitrogens with zero attached hydrogens (tertiary/aromatic N) is 1. The number of nitrogens with one attached hydrogen (secondary N) is 1. The van der Waals surface area contributed by atoms with E-state index in [0.29, 0.717) is 39.1 Å². The Bertz CT molecular complexity index is 1260. The predicted octanol–water partition coefficient (Wildman–Crippen LogP) is 4.42. The van der Waals surface area contributed by atoms with E-state index in [0.717, 1.165) is 24.1 Å². The number of carbonyl (C=O) groups excluding carboxylic acids is 1. The van der Waals surface area contributed by atoms with Crippen LogP contribution in [0, 0.1) is 0 Å². The van der Waals surface area contributed by atoms with Gasteiger partial charge in [-0.25, -0.2) is 4.98 Å². The molecule has 1 heterocycles. The van der Waals surface area contributed by atoms with Gasteiger partial charge in [0, 0.05) is 23.0 Å². The van der Waals surface area contributed by atoms with Crippen molar-refractivity contribution in [1.29, 1.82) is 0 Å². The van der Waals surface area contributed by atoms with Crippen molar-refractivity contribution < 1.29 is 19.0 Å². The number of pyridine rings is 1. The highest BCUT2D eigenvalue weighted by Gasteiger charge is 2.17. The standard InChI is InChI=1S/C28H30N2O4/c1-6-13-21-22(18-24(30-23(21)7-2)19-14-11-9-8-10-12-15-19)28(31)29-20-16-25(32-3)27(34-5)26(17-20)33-4/h6-7,9-14,16-18H,1,8,15H2,2-5H3,(H,29,31)/b11-9-,12-10?,19-14+,21-13-,23-7+. The van der Waals surface area contributed by atoms with Crippen LogP contribution in [0.1, 0.15) is 35.8 Å². The number of hydrogen-bond acceptors (Lipinski definition) is 5. The van der Waals surface area contributed by atoms with Crippen LogP contribution in [0.4, 0.5) is 5.69 Å². The highest BCUT2D eigenvalue weighted by Crippen LogP contribution is 2.40. The predicted molar refractivity (Wildman–Crippen MR) is 138 cm³/mol. The van der Waals surface area contributed by atoms with Gasteiger partial charge in [0.2, 0.25) is 5.75 Å². The van der Waals surface area contributed by atoms with E-state index in [-0.39, 0.29) is 5.91 Å². The van der Waals surface area contributed by atoms with Gasteiger partial charge >= 0.3 is 0 Å². The molecule has 1 aliphatic rings. The number of carbonyl (C=O) groups is 1. The van der Waals surface area contributed by atoms with E-state index < -0.39 is 0 Å². The minimum Gasteiger partial charge on any atom is -0.493 e. The Kier molecular flexibility index (Phi) is 8.46. The average Bonchev–Trinajstić information content (AvgIpc) is 2.83. The fraction of sp³-hybridized carbons (Fsp3) is 0.214. The molecular weight excluding hydrogens is 428 g/mol. The first-order valence-electron chi connectivity index (χ1n) is 11.0. The van der Waals surface area contributed by atoms with Crippen molar-refractivity contribution in [3.05, 3.63) is 83.1 Å². The lowest BCUT2D eigenvalue weighted by molar-refractivity contribution is 0.102. The van der Waals surface area contributed by atoms with Crippen molar-refractivity contribution in [3.8, 4) is 17.2 Å². The Morgan fingerprint density at radius 3 is 2.41 bits per heavy atom. The van der Waals surface area contributed by atoms with Gasteiger partial charge in [-0.2, -0.15) is 0 Å². The molecule has 3 rings (SSSR count). The third-order valence-electron chi connectivity index (χ3n) is 5.35. The SMILES string of the molecule is C=C/C=c1/c(C(=O)Nc2cc(OC)c(OC)c(OC)c2)cc(/C2=C/C=C\CC=CC2)n/c1=C/C. The summed E-state index contributed by atoms with van der Waals surface area (Å²) in [5.41, 5.74) is 2.78. The van der Waals surface area contributed by atoms with Crippen LogP contribution in [0.25, 0.3) is 17.7 Å². The highest BCUT2D eigenvalue weighted by molar-refractivity contribution is 6.05. The summed E-state index contributed by atoms with van der Waals surface area (Å²) in [6.45, 7) is 5.71. The van der Waals surface area contributed by atoms with Crippen LogP contribution in [-0.2, 0) is 0 Å². The number of ether oxygens (including phenoxy) is 3. The molecule has 1 amide bonds. The van der Waals surface area contributed by atoms with Crippen molar-refractivity contribution >= 4 is 29.3 Å². The van der Waals surface area contributed by atoms with Gasteiger partial charge in [0.15, 0.2) is 11.5 Å². The number of hydrogen-bond donors (Lipinski definition) is 1. The van der Waals surface area contributed by atoms with Crippen LogP contribution >= 0.6 is 0 Å². The number of methoxy groups -OCH3 is 3. The first-order valence-corrected chi connectivity index (χ1v) is 11.0. The molecule has 0 spiro atoms. The van der Waals surface area contributed by atoms with Gasteiger partial charge in [-0.3, -0.25) is 4.79 Å². The molecule has 34 heavy (non-hydrogen) atoms. The van der Waals surface area contributed by atoms with Crippen LogP contribution in [-0.4, -0.2) is 32.2 Å². The lowest BCUT2D eigenvalue weighted by atomic mass is 10.0. The highest BCUT2D eigenvalue weighted by atomic mass is 16.5. The van der Waals surface area contributed by atoms with E-state index in [4.69, 9.17) is 19.2 Å². The summed E-state index contributed by atoms with van der Waals surface area (Å²) in [5, 5.41) is 4.37. The summed E-state index contributed by atoms with van der Waals surface area (Å²) in [4.78, 5) is 18.3. The topological polar surface area (TPSA) is 69.7 Å². The van der Waals surface area contributed by atoms with E-state index in [1.807, 2.05) is 31.2 Å². The van der Waals surface area contributed by atoms with Gasteiger partial charge in [0.05, 0.1) is 37.9 Å². The monoisotopic (exact) mass is 458 g/mol. The summed E-state index contributed by atoms with van der Waals surface area (Å²) in [6.07, 6.45) is 17.4. The smallest absolute Gasteiger partial charge is 0.256 e. The van der Waals surface area contributed by atoms with Crippen LogP contribution < -0.4 is 30.1 Å². The van der Waals surface area contributed by atoms with Crippen molar-refractivity contribution in [1.82, 2.24) is 4.98 Å². The molecule has 6 heteroatoms. The second-order valence-electron chi connectivity index (χ2n) is 7.44. The van der Waals surface area contributed by atoms with Crippen molar-refractivity contribution in [2.24, 2.45) is 0 Å². The average molecular weight is 459 g/mol. The Hall–Kier alpha value is -4.06. The molecule has 0 fully saturated rings. The molecule has 0 aliphatic heterocycles. The molecule has 1 aliphatic carbocycles. The van der Waals surface area contributed by atoms with E-state index >= 15 is 0 Å². The van der Waals surface area contributed by atoms with Gasteiger partial charge in [-0.05, 0) is 31.4 Å². The first-order chi connectivity index (χ1) is 16.6. The minimum atomic E-state index is -0.286. The van der Waals surface area contributed by atoms with Crippen LogP contribution in [0.2, 0.25) is 0 Å². The van der Waals surface area contributed by atoms with E-state index in [1.54, 1.807) is 24.3 Å². The maximum atomic E-state index is 13.5. The van der Waals surface area contributed by atoms with Gasteiger partial charge in [-0.1, -0.05) is 55.2 Å². The molecule has 0 atom stereocenters. The number of anilines is 1. The van der Waals surface area contributed by atoms with Crippen LogP contribution in [0.3, 0.4) is 0 Å². The Morgan fingerprint density at radius 2 is 1.79 bits per heavy atom. The van der Waals surface area contributed by atoms with Gasteiger partial charge in [0.25, 0.3) is 5.91 Å². The zero-order valence-corrected chi connectivity index (χ0v) is 20.1. The number of amides is 1. The fourth-order valence-electron chi connectivity index (χ4n) is 3.70. The molecule has 1 aromatic carbocycles. The second-order valence-corrected chi connectivity index (χ2v) is 7.44. The largest absolute Gasteiger partial charge is 0.493 e. The Morgan fingerprint density at radius 1 is 1.06 bits per heavy atom. The van der Waals surface area contributed by atoms with E-state index in [9.17, 15) is 4.79 Å².